The molecule has 0 unspecified atom stereocenters. The van der Waals surface area contributed by atoms with Gasteiger partial charge < -0.3 is 15.4 Å². The highest BCUT2D eigenvalue weighted by Crippen LogP contribution is 2.38. The van der Waals surface area contributed by atoms with Crippen molar-refractivity contribution in [3.63, 3.8) is 0 Å². The molecule has 0 fully saturated rings. The number of anilines is 2. The first kappa shape index (κ1) is 23.9. The van der Waals surface area contributed by atoms with Gasteiger partial charge in [0.05, 0.1) is 22.4 Å². The molecule has 0 saturated carbocycles. The Morgan fingerprint density at radius 1 is 1.06 bits per heavy atom. The fourth-order valence-corrected chi connectivity index (χ4v) is 7.00. The van der Waals surface area contributed by atoms with E-state index < -0.39 is 0 Å². The zero-order chi connectivity index (χ0) is 24.4. The van der Waals surface area contributed by atoms with Gasteiger partial charge in [0.2, 0.25) is 0 Å². The SMILES string of the molecule is CCOC(=O)c1c(NC(=S)Nc2ccc(-c3nc4ccc(C)cc4s3)cc2)sc2c1CCCCC2. The fraction of sp³-hybridized carbons (Fsp3) is 0.296. The van der Waals surface area contributed by atoms with Crippen molar-refractivity contribution in [2.45, 2.75) is 46.0 Å². The number of thiophene rings is 1. The first-order valence-electron chi connectivity index (χ1n) is 11.9. The Kier molecular flexibility index (Phi) is 7.13. The van der Waals surface area contributed by atoms with Crippen LogP contribution < -0.4 is 10.6 Å². The summed E-state index contributed by atoms with van der Waals surface area (Å²) in [5.41, 5.74) is 5.99. The summed E-state index contributed by atoms with van der Waals surface area (Å²) in [5.74, 6) is -0.271. The van der Waals surface area contributed by atoms with Crippen LogP contribution in [-0.4, -0.2) is 22.7 Å². The largest absolute Gasteiger partial charge is 0.462 e. The predicted octanol–water partition coefficient (Wildman–Crippen LogP) is 7.59. The summed E-state index contributed by atoms with van der Waals surface area (Å²) in [6, 6.07) is 14.4. The lowest BCUT2D eigenvalue weighted by atomic mass is 10.1. The summed E-state index contributed by atoms with van der Waals surface area (Å²) in [5, 5.41) is 8.75. The number of thiazole rings is 1. The summed E-state index contributed by atoms with van der Waals surface area (Å²) < 4.78 is 6.57. The van der Waals surface area contributed by atoms with Crippen LogP contribution in [0.25, 0.3) is 20.8 Å². The van der Waals surface area contributed by atoms with E-state index in [0.717, 1.165) is 58.0 Å². The Morgan fingerprint density at radius 3 is 2.66 bits per heavy atom. The van der Waals surface area contributed by atoms with Crippen LogP contribution in [0.5, 0.6) is 0 Å². The van der Waals surface area contributed by atoms with E-state index in [4.69, 9.17) is 21.9 Å². The number of nitrogens with one attached hydrogen (secondary N) is 2. The summed E-state index contributed by atoms with van der Waals surface area (Å²) >= 11 is 8.92. The molecule has 2 aromatic heterocycles. The zero-order valence-corrected chi connectivity index (χ0v) is 22.2. The number of thiocarbonyl (C=S) groups is 1. The van der Waals surface area contributed by atoms with Crippen LogP contribution in [0.4, 0.5) is 10.7 Å². The standard InChI is InChI=1S/C27H27N3O2S3/c1-3-32-26(31)23-19-7-5-4-6-8-21(19)34-25(23)30-27(33)28-18-12-10-17(11-13-18)24-29-20-14-9-16(2)15-22(20)35-24/h9-15H,3-8H2,1-2H3,(H2,28,30,33). The fourth-order valence-electron chi connectivity index (χ4n) is 4.37. The van der Waals surface area contributed by atoms with Crippen LogP contribution in [0.15, 0.2) is 42.5 Å². The van der Waals surface area contributed by atoms with Crippen molar-refractivity contribution in [2.24, 2.45) is 0 Å². The van der Waals surface area contributed by atoms with Gasteiger partial charge >= 0.3 is 5.97 Å². The van der Waals surface area contributed by atoms with Crippen molar-refractivity contribution >= 4 is 66.9 Å². The second-order valence-corrected chi connectivity index (χ2v) is 11.2. The van der Waals surface area contributed by atoms with Crippen LogP contribution in [-0.2, 0) is 17.6 Å². The third-order valence-corrected chi connectivity index (χ3v) is 8.54. The number of aromatic nitrogens is 1. The average molecular weight is 522 g/mol. The topological polar surface area (TPSA) is 63.2 Å². The van der Waals surface area contributed by atoms with Crippen LogP contribution in [0.2, 0.25) is 0 Å². The van der Waals surface area contributed by atoms with Crippen LogP contribution in [0, 0.1) is 6.92 Å². The van der Waals surface area contributed by atoms with E-state index in [9.17, 15) is 4.79 Å². The molecular formula is C27H27N3O2S3. The molecule has 4 aromatic rings. The van der Waals surface area contributed by atoms with Crippen LogP contribution in [0.3, 0.4) is 0 Å². The van der Waals surface area contributed by atoms with Gasteiger partial charge in [-0.05, 0) is 99.3 Å². The summed E-state index contributed by atoms with van der Waals surface area (Å²) in [6.07, 6.45) is 5.35. The van der Waals surface area contributed by atoms with E-state index in [-0.39, 0.29) is 5.97 Å². The van der Waals surface area contributed by atoms with Gasteiger partial charge in [-0.3, -0.25) is 0 Å². The normalized spacial score (nSPS) is 13.2. The molecule has 5 rings (SSSR count). The number of ether oxygens (including phenoxy) is 1. The molecule has 2 N–H and O–H groups in total. The Hall–Kier alpha value is -2.81. The van der Waals surface area contributed by atoms with Crippen molar-refractivity contribution < 1.29 is 9.53 Å². The Balaban J connectivity index is 1.31. The van der Waals surface area contributed by atoms with Gasteiger partial charge in [0.15, 0.2) is 5.11 Å². The molecule has 8 heteroatoms. The van der Waals surface area contributed by atoms with E-state index in [2.05, 4.69) is 35.8 Å². The minimum atomic E-state index is -0.271. The lowest BCUT2D eigenvalue weighted by Crippen LogP contribution is -2.20. The molecule has 0 amide bonds. The predicted molar refractivity (Wildman–Crippen MR) is 151 cm³/mol. The molecule has 35 heavy (non-hydrogen) atoms. The van der Waals surface area contributed by atoms with Gasteiger partial charge in [0, 0.05) is 16.1 Å². The number of fused-ring (bicyclic) bond motifs is 2. The first-order chi connectivity index (χ1) is 17.0. The van der Waals surface area contributed by atoms with Gasteiger partial charge in [-0.1, -0.05) is 12.5 Å². The molecule has 5 nitrogen and oxygen atoms in total. The average Bonchev–Trinajstić information content (AvgIpc) is 3.32. The molecule has 180 valence electrons. The van der Waals surface area contributed by atoms with Gasteiger partial charge in [0.25, 0.3) is 0 Å². The van der Waals surface area contributed by atoms with Gasteiger partial charge in [-0.25, -0.2) is 9.78 Å². The van der Waals surface area contributed by atoms with Crippen molar-refractivity contribution in [3.8, 4) is 10.6 Å². The maximum absolute atomic E-state index is 12.8. The number of rotatable bonds is 5. The van der Waals surface area contributed by atoms with Gasteiger partial charge in [-0.2, -0.15) is 0 Å². The van der Waals surface area contributed by atoms with Crippen molar-refractivity contribution in [1.29, 1.82) is 0 Å². The third kappa shape index (κ3) is 5.24. The highest BCUT2D eigenvalue weighted by molar-refractivity contribution is 7.80. The molecule has 0 bridgehead atoms. The van der Waals surface area contributed by atoms with E-state index in [1.807, 2.05) is 31.2 Å². The molecule has 0 radical (unpaired) electrons. The number of benzene rings is 2. The Labute approximate surface area is 218 Å². The van der Waals surface area contributed by atoms with E-state index >= 15 is 0 Å². The van der Waals surface area contributed by atoms with Crippen molar-refractivity contribution in [3.05, 3.63) is 64.0 Å². The number of aryl methyl sites for hydroxylation is 2. The number of esters is 1. The third-order valence-electron chi connectivity index (χ3n) is 6.06. The second-order valence-electron chi connectivity index (χ2n) is 8.64. The highest BCUT2D eigenvalue weighted by atomic mass is 32.1. The van der Waals surface area contributed by atoms with E-state index in [1.165, 1.54) is 21.6 Å². The monoisotopic (exact) mass is 521 g/mol. The van der Waals surface area contributed by atoms with Crippen LogP contribution in [0.1, 0.15) is 52.5 Å². The number of hydrogen-bond acceptors (Lipinski definition) is 6. The smallest absolute Gasteiger partial charge is 0.341 e. The molecule has 0 aliphatic heterocycles. The molecule has 0 spiro atoms. The number of carbonyl (C=O) groups is 1. The molecular weight excluding hydrogens is 495 g/mol. The highest BCUT2D eigenvalue weighted by Gasteiger charge is 2.26. The maximum atomic E-state index is 12.8. The molecule has 1 aliphatic rings. The minimum Gasteiger partial charge on any atom is -0.462 e. The quantitative estimate of drug-likeness (QED) is 0.160. The molecule has 2 heterocycles. The second kappa shape index (κ2) is 10.4. The van der Waals surface area contributed by atoms with E-state index in [1.54, 1.807) is 22.7 Å². The summed E-state index contributed by atoms with van der Waals surface area (Å²) in [6.45, 7) is 4.28. The van der Waals surface area contributed by atoms with Gasteiger partial charge in [-0.15, -0.1) is 22.7 Å². The summed E-state index contributed by atoms with van der Waals surface area (Å²) in [4.78, 5) is 18.8. The zero-order valence-electron chi connectivity index (χ0n) is 19.8. The first-order valence-corrected chi connectivity index (χ1v) is 13.9. The Bertz CT molecular complexity index is 1390. The number of nitrogens with zero attached hydrogens (tertiary/aromatic N) is 1. The van der Waals surface area contributed by atoms with E-state index in [0.29, 0.717) is 17.3 Å². The molecule has 2 aromatic carbocycles. The molecule has 1 aliphatic carbocycles. The maximum Gasteiger partial charge on any atom is 0.341 e. The number of hydrogen-bond donors (Lipinski definition) is 2. The van der Waals surface area contributed by atoms with Crippen LogP contribution >= 0.6 is 34.9 Å². The lowest BCUT2D eigenvalue weighted by molar-refractivity contribution is 0.0527. The number of carbonyl (C=O) groups excluding carboxylic acids is 1. The Morgan fingerprint density at radius 2 is 1.86 bits per heavy atom. The lowest BCUT2D eigenvalue weighted by Gasteiger charge is -2.12. The van der Waals surface area contributed by atoms with Crippen molar-refractivity contribution in [2.75, 3.05) is 17.2 Å². The minimum absolute atomic E-state index is 0.271. The van der Waals surface area contributed by atoms with Crippen molar-refractivity contribution in [1.82, 2.24) is 4.98 Å². The van der Waals surface area contributed by atoms with Gasteiger partial charge in [0.1, 0.15) is 10.0 Å². The molecule has 0 saturated heterocycles. The molecule has 0 atom stereocenters. The summed E-state index contributed by atoms with van der Waals surface area (Å²) in [7, 11) is 0.